The van der Waals surface area contributed by atoms with Gasteiger partial charge in [0.15, 0.2) is 11.5 Å². The molecule has 0 atom stereocenters. The zero-order valence-electron chi connectivity index (χ0n) is 13.9. The molecule has 0 N–H and O–H groups in total. The summed E-state index contributed by atoms with van der Waals surface area (Å²) in [7, 11) is 2.68. The lowest BCUT2D eigenvalue weighted by atomic mass is 10.3. The summed E-state index contributed by atoms with van der Waals surface area (Å²) in [5.74, 6) is -0.691. The molecule has 2 heterocycles. The van der Waals surface area contributed by atoms with Gasteiger partial charge in [0.1, 0.15) is 5.39 Å². The number of nitrogens with zero attached hydrogens (tertiary/aromatic N) is 4. The molecule has 6 nitrogen and oxygen atoms in total. The van der Waals surface area contributed by atoms with E-state index in [1.807, 2.05) is 27.7 Å². The van der Waals surface area contributed by atoms with Crippen molar-refractivity contribution in [2.24, 2.45) is 14.1 Å². The van der Waals surface area contributed by atoms with Gasteiger partial charge < -0.3 is 0 Å². The molecule has 0 aliphatic heterocycles. The Kier molecular flexibility index (Phi) is 7.55. The highest BCUT2D eigenvalue weighted by molar-refractivity contribution is 5.76. The van der Waals surface area contributed by atoms with Gasteiger partial charge in [-0.1, -0.05) is 27.7 Å². The molecule has 0 amide bonds. The summed E-state index contributed by atoms with van der Waals surface area (Å²) < 4.78 is 27.1. The van der Waals surface area contributed by atoms with Gasteiger partial charge in [0, 0.05) is 14.1 Å². The third-order valence-corrected chi connectivity index (χ3v) is 2.69. The average Bonchev–Trinajstić information content (AvgIpc) is 2.53. The average molecular weight is 316 g/mol. The highest BCUT2D eigenvalue weighted by atomic mass is 19.3. The van der Waals surface area contributed by atoms with E-state index in [1.165, 1.54) is 21.0 Å². The van der Waals surface area contributed by atoms with Gasteiger partial charge in [0.05, 0.1) is 5.69 Å². The molecule has 0 aromatic carbocycles. The molecule has 0 unspecified atom stereocenters. The molecule has 124 valence electrons. The fraction of sp³-hybridized carbons (Fsp3) is 0.571. The molecule has 8 heteroatoms. The second-order valence-electron chi connectivity index (χ2n) is 3.87. The maximum absolute atomic E-state index is 12.6. The van der Waals surface area contributed by atoms with Gasteiger partial charge in [-0.25, -0.2) is 23.5 Å². The topological polar surface area (TPSA) is 69.8 Å². The smallest absolute Gasteiger partial charge is 0.280 e. The van der Waals surface area contributed by atoms with E-state index in [4.69, 9.17) is 0 Å². The minimum Gasteiger partial charge on any atom is -0.280 e. The van der Waals surface area contributed by atoms with Crippen LogP contribution < -0.4 is 11.2 Å². The summed E-state index contributed by atoms with van der Waals surface area (Å²) in [5.41, 5.74) is -1.16. The van der Waals surface area contributed by atoms with Gasteiger partial charge in [0.2, 0.25) is 0 Å². The first-order chi connectivity index (χ1) is 10.3. The zero-order chi connectivity index (χ0) is 17.6. The van der Waals surface area contributed by atoms with Crippen molar-refractivity contribution in [1.29, 1.82) is 0 Å². The monoisotopic (exact) mass is 316 g/mol. The quantitative estimate of drug-likeness (QED) is 0.809. The van der Waals surface area contributed by atoms with Crippen LogP contribution in [0.4, 0.5) is 8.78 Å². The van der Waals surface area contributed by atoms with Gasteiger partial charge in [-0.05, 0) is 6.92 Å². The zero-order valence-corrected chi connectivity index (χ0v) is 13.9. The molecular weight excluding hydrogens is 294 g/mol. The Morgan fingerprint density at radius 2 is 1.45 bits per heavy atom. The Hall–Kier alpha value is -2.12. The minimum absolute atomic E-state index is 0.0731. The van der Waals surface area contributed by atoms with Gasteiger partial charge in [-0.3, -0.25) is 13.9 Å². The first kappa shape index (κ1) is 19.9. The van der Waals surface area contributed by atoms with Crippen LogP contribution in [0.1, 0.15) is 45.6 Å². The lowest BCUT2D eigenvalue weighted by Crippen LogP contribution is -2.38. The highest BCUT2D eigenvalue weighted by Crippen LogP contribution is 2.17. The lowest BCUT2D eigenvalue weighted by molar-refractivity contribution is 0.140. The van der Waals surface area contributed by atoms with Gasteiger partial charge >= 0.3 is 5.69 Å². The van der Waals surface area contributed by atoms with Crippen molar-refractivity contribution in [2.45, 2.75) is 41.0 Å². The number of hydrogen-bond acceptors (Lipinski definition) is 4. The predicted molar refractivity (Wildman–Crippen MR) is 82.4 cm³/mol. The molecule has 0 radical (unpaired) electrons. The van der Waals surface area contributed by atoms with E-state index in [-0.39, 0.29) is 16.7 Å². The fourth-order valence-corrected chi connectivity index (χ4v) is 1.74. The van der Waals surface area contributed by atoms with Crippen LogP contribution in [0.2, 0.25) is 0 Å². The predicted octanol–water partition coefficient (Wildman–Crippen LogP) is 2.33. The van der Waals surface area contributed by atoms with Gasteiger partial charge in [-0.2, -0.15) is 0 Å². The number of rotatable bonds is 1. The maximum Gasteiger partial charge on any atom is 0.332 e. The third-order valence-electron chi connectivity index (χ3n) is 2.69. The molecule has 0 saturated carbocycles. The summed E-state index contributed by atoms with van der Waals surface area (Å²) in [4.78, 5) is 30.7. The molecule has 0 bridgehead atoms. The molecular formula is C14H22F2N4O2. The largest absolute Gasteiger partial charge is 0.332 e. The van der Waals surface area contributed by atoms with E-state index in [2.05, 4.69) is 9.97 Å². The second kappa shape index (κ2) is 8.35. The Morgan fingerprint density at radius 3 is 1.91 bits per heavy atom. The molecule has 0 saturated heterocycles. The summed E-state index contributed by atoms with van der Waals surface area (Å²) >= 11 is 0. The van der Waals surface area contributed by atoms with Crippen molar-refractivity contribution < 1.29 is 8.78 Å². The van der Waals surface area contributed by atoms with E-state index < -0.39 is 23.5 Å². The third kappa shape index (κ3) is 3.55. The van der Waals surface area contributed by atoms with E-state index in [0.717, 1.165) is 9.13 Å². The molecule has 2 rings (SSSR count). The number of aromatic nitrogens is 4. The van der Waals surface area contributed by atoms with Crippen LogP contribution in [0, 0.1) is 6.92 Å². The van der Waals surface area contributed by atoms with Crippen LogP contribution in [-0.4, -0.2) is 19.1 Å². The van der Waals surface area contributed by atoms with Crippen LogP contribution in [0.15, 0.2) is 9.59 Å². The molecule has 22 heavy (non-hydrogen) atoms. The van der Waals surface area contributed by atoms with E-state index in [0.29, 0.717) is 0 Å². The summed E-state index contributed by atoms with van der Waals surface area (Å²) in [5, 5.41) is 0.0731. The molecule has 0 aliphatic rings. The fourth-order valence-electron chi connectivity index (χ4n) is 1.74. The summed E-state index contributed by atoms with van der Waals surface area (Å²) in [6, 6.07) is 0. The first-order valence-corrected chi connectivity index (χ1v) is 7.07. The standard InChI is InChI=1S/C10H10F2N4O2.2C2H6/c1-4-5-8(14-7(13-4)6(11)12)15(2)10(18)16(3)9(5)17;2*1-2/h6H,1-3H3;2*1-2H3. The van der Waals surface area contributed by atoms with Gasteiger partial charge in [-0.15, -0.1) is 0 Å². The van der Waals surface area contributed by atoms with Gasteiger partial charge in [0.25, 0.3) is 12.0 Å². The van der Waals surface area contributed by atoms with E-state index in [1.54, 1.807) is 0 Å². The molecule has 0 spiro atoms. The minimum atomic E-state index is -2.85. The van der Waals surface area contributed by atoms with Crippen molar-refractivity contribution in [3.05, 3.63) is 32.4 Å². The van der Waals surface area contributed by atoms with Crippen LogP contribution in [-0.2, 0) is 14.1 Å². The van der Waals surface area contributed by atoms with Crippen molar-refractivity contribution in [3.8, 4) is 0 Å². The highest BCUT2D eigenvalue weighted by Gasteiger charge is 2.18. The number of fused-ring (bicyclic) bond motifs is 1. The van der Waals surface area contributed by atoms with Crippen molar-refractivity contribution in [2.75, 3.05) is 0 Å². The maximum atomic E-state index is 12.6. The van der Waals surface area contributed by atoms with Crippen molar-refractivity contribution >= 4 is 11.0 Å². The molecule has 2 aromatic heterocycles. The van der Waals surface area contributed by atoms with Crippen LogP contribution >= 0.6 is 0 Å². The van der Waals surface area contributed by atoms with Crippen LogP contribution in [0.25, 0.3) is 11.0 Å². The van der Waals surface area contributed by atoms with Crippen molar-refractivity contribution in [3.63, 3.8) is 0 Å². The van der Waals surface area contributed by atoms with E-state index >= 15 is 0 Å². The number of aryl methyl sites for hydroxylation is 2. The van der Waals surface area contributed by atoms with E-state index in [9.17, 15) is 18.4 Å². The Labute approximate surface area is 127 Å². The Balaban J connectivity index is 0.00000102. The molecule has 2 aromatic rings. The number of alkyl halides is 2. The normalized spacial score (nSPS) is 9.91. The molecule has 0 aliphatic carbocycles. The second-order valence-corrected chi connectivity index (χ2v) is 3.87. The van der Waals surface area contributed by atoms with Crippen LogP contribution in [0.5, 0.6) is 0 Å². The first-order valence-electron chi connectivity index (χ1n) is 7.07. The molecule has 0 fully saturated rings. The van der Waals surface area contributed by atoms with Crippen molar-refractivity contribution in [1.82, 2.24) is 19.1 Å². The summed E-state index contributed by atoms with van der Waals surface area (Å²) in [6.07, 6.45) is -2.85. The van der Waals surface area contributed by atoms with Crippen LogP contribution in [0.3, 0.4) is 0 Å². The SMILES string of the molecule is CC.CC.Cc1nc(C(F)F)nc2c1c(=O)n(C)c(=O)n2C. The number of halogens is 2. The number of hydrogen-bond donors (Lipinski definition) is 0. The Morgan fingerprint density at radius 1 is 0.955 bits per heavy atom. The summed E-state index contributed by atoms with van der Waals surface area (Å²) in [6.45, 7) is 9.43. The lowest BCUT2D eigenvalue weighted by Gasteiger charge is -2.09. The Bertz CT molecular complexity index is 751.